The molecule has 154 valence electrons. The van der Waals surface area contributed by atoms with E-state index in [1.165, 1.54) is 5.39 Å². The molecule has 0 unspecified atom stereocenters. The predicted octanol–water partition coefficient (Wildman–Crippen LogP) is 2.94. The Bertz CT molecular complexity index is 856. The number of hydrogen-bond donors (Lipinski definition) is 0. The van der Waals surface area contributed by atoms with Gasteiger partial charge in [0, 0.05) is 26.1 Å². The fourth-order valence-electron chi connectivity index (χ4n) is 3.36. The van der Waals surface area contributed by atoms with Gasteiger partial charge in [-0.2, -0.15) is 8.42 Å². The van der Waals surface area contributed by atoms with Gasteiger partial charge in [-0.1, -0.05) is 37.3 Å². The molecule has 0 spiro atoms. The minimum absolute atomic E-state index is 0.0706. The number of fused-ring (bicyclic) bond motifs is 1. The first-order valence-electron chi connectivity index (χ1n) is 9.99. The van der Waals surface area contributed by atoms with E-state index in [9.17, 15) is 8.42 Å². The van der Waals surface area contributed by atoms with Gasteiger partial charge in [0.25, 0.3) is 10.1 Å². The van der Waals surface area contributed by atoms with Gasteiger partial charge in [-0.15, -0.1) is 0 Å². The first-order valence-corrected chi connectivity index (χ1v) is 11.6. The molecular formula is C21H30N2O4S. The van der Waals surface area contributed by atoms with Crippen LogP contribution in [0.15, 0.2) is 42.5 Å². The maximum absolute atomic E-state index is 12.0. The monoisotopic (exact) mass is 406 g/mol. The molecule has 7 heteroatoms. The van der Waals surface area contributed by atoms with Crippen LogP contribution in [-0.4, -0.2) is 70.0 Å². The van der Waals surface area contributed by atoms with Gasteiger partial charge >= 0.3 is 0 Å². The molecule has 0 aromatic heterocycles. The fourth-order valence-corrected chi connectivity index (χ4v) is 4.34. The van der Waals surface area contributed by atoms with Crippen molar-refractivity contribution in [3.8, 4) is 5.75 Å². The maximum atomic E-state index is 12.0. The zero-order valence-electron chi connectivity index (χ0n) is 16.5. The standard InChI is InChI=1S/C21H30N2O4S/c1-2-22-12-13-23(18-22)11-5-16-28(24,25)27-15-6-14-26-21-10-9-19-7-3-4-8-20(19)17-21/h3-4,7-10,17H,2,5-6,11-16,18H2,1H3. The SMILES string of the molecule is CCN1CCN(CCCS(=O)(=O)OCCCOc2ccc3ccccc3c2)C1. The lowest BCUT2D eigenvalue weighted by Crippen LogP contribution is -2.27. The molecule has 28 heavy (non-hydrogen) atoms. The summed E-state index contributed by atoms with van der Waals surface area (Å²) < 4.78 is 34.8. The van der Waals surface area contributed by atoms with Crippen molar-refractivity contribution in [2.75, 3.05) is 51.8 Å². The highest BCUT2D eigenvalue weighted by Gasteiger charge is 2.19. The van der Waals surface area contributed by atoms with E-state index < -0.39 is 10.1 Å². The Labute approximate surface area is 168 Å². The van der Waals surface area contributed by atoms with E-state index in [-0.39, 0.29) is 12.4 Å². The minimum atomic E-state index is -3.46. The van der Waals surface area contributed by atoms with Crippen LogP contribution in [0.2, 0.25) is 0 Å². The van der Waals surface area contributed by atoms with Crippen molar-refractivity contribution < 1.29 is 17.3 Å². The zero-order valence-corrected chi connectivity index (χ0v) is 17.4. The Morgan fingerprint density at radius 1 is 0.964 bits per heavy atom. The quantitative estimate of drug-likeness (QED) is 0.422. The summed E-state index contributed by atoms with van der Waals surface area (Å²) in [4.78, 5) is 4.64. The van der Waals surface area contributed by atoms with Gasteiger partial charge in [-0.05, 0) is 35.9 Å². The van der Waals surface area contributed by atoms with E-state index >= 15 is 0 Å². The Morgan fingerprint density at radius 2 is 1.75 bits per heavy atom. The topological polar surface area (TPSA) is 59.1 Å². The summed E-state index contributed by atoms with van der Waals surface area (Å²) in [5.41, 5.74) is 0. The third-order valence-corrected chi connectivity index (χ3v) is 6.30. The van der Waals surface area contributed by atoms with E-state index in [1.807, 2.05) is 36.4 Å². The summed E-state index contributed by atoms with van der Waals surface area (Å²) in [5, 5.41) is 2.29. The third-order valence-electron chi connectivity index (χ3n) is 4.99. The number of nitrogens with zero attached hydrogens (tertiary/aromatic N) is 2. The third kappa shape index (κ3) is 6.44. The highest BCUT2D eigenvalue weighted by atomic mass is 32.2. The van der Waals surface area contributed by atoms with Crippen LogP contribution >= 0.6 is 0 Å². The second kappa shape index (κ2) is 10.2. The average molecular weight is 407 g/mol. The average Bonchev–Trinajstić information content (AvgIpc) is 3.15. The molecule has 1 fully saturated rings. The summed E-state index contributed by atoms with van der Waals surface area (Å²) >= 11 is 0. The van der Waals surface area contributed by atoms with Gasteiger partial charge in [-0.25, -0.2) is 0 Å². The smallest absolute Gasteiger partial charge is 0.267 e. The molecule has 1 aliphatic heterocycles. The van der Waals surface area contributed by atoms with E-state index in [1.54, 1.807) is 0 Å². The van der Waals surface area contributed by atoms with Crippen molar-refractivity contribution in [3.05, 3.63) is 42.5 Å². The second-order valence-corrected chi connectivity index (χ2v) is 8.88. The molecule has 0 atom stereocenters. The van der Waals surface area contributed by atoms with Crippen molar-refractivity contribution in [1.29, 1.82) is 0 Å². The van der Waals surface area contributed by atoms with Crippen LogP contribution < -0.4 is 4.74 Å². The molecule has 1 aliphatic rings. The molecule has 0 bridgehead atoms. The lowest BCUT2D eigenvalue weighted by Gasteiger charge is -2.16. The molecule has 1 heterocycles. The Balaban J connectivity index is 1.30. The van der Waals surface area contributed by atoms with Gasteiger partial charge < -0.3 is 4.74 Å². The minimum Gasteiger partial charge on any atom is -0.493 e. The van der Waals surface area contributed by atoms with E-state index in [2.05, 4.69) is 22.8 Å². The normalized spacial score (nSPS) is 16.0. The number of ether oxygens (including phenoxy) is 1. The molecule has 1 saturated heterocycles. The predicted molar refractivity (Wildman–Crippen MR) is 112 cm³/mol. The van der Waals surface area contributed by atoms with Crippen LogP contribution in [0.25, 0.3) is 10.8 Å². The summed E-state index contributed by atoms with van der Waals surface area (Å²) in [5.74, 6) is 0.856. The van der Waals surface area contributed by atoms with Crippen LogP contribution in [0.3, 0.4) is 0 Å². The van der Waals surface area contributed by atoms with Crippen molar-refractivity contribution in [1.82, 2.24) is 9.80 Å². The van der Waals surface area contributed by atoms with Gasteiger partial charge in [0.2, 0.25) is 0 Å². The Morgan fingerprint density at radius 3 is 2.54 bits per heavy atom. The van der Waals surface area contributed by atoms with Crippen LogP contribution in [0, 0.1) is 0 Å². The van der Waals surface area contributed by atoms with Gasteiger partial charge in [0.1, 0.15) is 5.75 Å². The van der Waals surface area contributed by atoms with Gasteiger partial charge in [0.15, 0.2) is 0 Å². The van der Waals surface area contributed by atoms with Crippen LogP contribution in [0.1, 0.15) is 19.8 Å². The first-order chi connectivity index (χ1) is 13.6. The van der Waals surface area contributed by atoms with E-state index in [0.29, 0.717) is 19.4 Å². The second-order valence-electron chi connectivity index (χ2n) is 7.12. The van der Waals surface area contributed by atoms with E-state index in [4.69, 9.17) is 8.92 Å². The van der Waals surface area contributed by atoms with Crippen LogP contribution in [0.5, 0.6) is 5.75 Å². The van der Waals surface area contributed by atoms with Gasteiger partial charge in [0.05, 0.1) is 25.6 Å². The van der Waals surface area contributed by atoms with E-state index in [0.717, 1.165) is 44.0 Å². The number of rotatable bonds is 11. The molecular weight excluding hydrogens is 376 g/mol. The molecule has 0 N–H and O–H groups in total. The summed E-state index contributed by atoms with van der Waals surface area (Å²) in [6.45, 7) is 7.58. The lowest BCUT2D eigenvalue weighted by atomic mass is 10.1. The van der Waals surface area contributed by atoms with Crippen LogP contribution in [0.4, 0.5) is 0 Å². The molecule has 0 radical (unpaired) electrons. The molecule has 0 saturated carbocycles. The molecule has 3 rings (SSSR count). The zero-order chi connectivity index (χ0) is 19.8. The summed E-state index contributed by atoms with van der Waals surface area (Å²) in [6.07, 6.45) is 1.14. The summed E-state index contributed by atoms with van der Waals surface area (Å²) in [7, 11) is -3.46. The van der Waals surface area contributed by atoms with Crippen LogP contribution in [-0.2, 0) is 14.3 Å². The highest BCUT2D eigenvalue weighted by Crippen LogP contribution is 2.20. The molecule has 2 aromatic rings. The number of benzene rings is 2. The Hall–Kier alpha value is -1.67. The number of likely N-dealkylation sites (N-methyl/N-ethyl adjacent to an activating group) is 1. The molecule has 0 aliphatic carbocycles. The van der Waals surface area contributed by atoms with Gasteiger partial charge in [-0.3, -0.25) is 14.0 Å². The fraction of sp³-hybridized carbons (Fsp3) is 0.524. The lowest BCUT2D eigenvalue weighted by molar-refractivity contribution is 0.245. The van der Waals surface area contributed by atoms with Crippen molar-refractivity contribution >= 4 is 20.9 Å². The molecule has 0 amide bonds. The first kappa shape index (κ1) is 21.0. The molecule has 6 nitrogen and oxygen atoms in total. The largest absolute Gasteiger partial charge is 0.493 e. The maximum Gasteiger partial charge on any atom is 0.267 e. The van der Waals surface area contributed by atoms with Crippen molar-refractivity contribution in [3.63, 3.8) is 0 Å². The Kier molecular flexibility index (Phi) is 7.67. The van der Waals surface area contributed by atoms with Crippen molar-refractivity contribution in [2.45, 2.75) is 19.8 Å². The number of hydrogen-bond acceptors (Lipinski definition) is 6. The van der Waals surface area contributed by atoms with Crippen molar-refractivity contribution in [2.24, 2.45) is 0 Å². The molecule has 2 aromatic carbocycles. The highest BCUT2D eigenvalue weighted by molar-refractivity contribution is 7.86. The summed E-state index contributed by atoms with van der Waals surface area (Å²) in [6, 6.07) is 14.0.